The lowest BCUT2D eigenvalue weighted by atomic mass is 10.2. The van der Waals surface area contributed by atoms with Crippen LogP contribution in [-0.2, 0) is 0 Å². The molecule has 1 aliphatic heterocycles. The van der Waals surface area contributed by atoms with Gasteiger partial charge in [-0.05, 0) is 19.1 Å². The average Bonchev–Trinajstić information content (AvgIpc) is 2.23. The van der Waals surface area contributed by atoms with E-state index in [1.54, 1.807) is 6.07 Å². The maximum Gasteiger partial charge on any atom is 0.160 e. The first-order valence-corrected chi connectivity index (χ1v) is 5.11. The molecule has 90 valence electrons. The minimum Gasteiger partial charge on any atom is -0.366 e. The zero-order valence-corrected chi connectivity index (χ0v) is 9.86. The van der Waals surface area contributed by atoms with Crippen LogP contribution in [0.2, 0.25) is 0 Å². The van der Waals surface area contributed by atoms with Gasteiger partial charge in [0.25, 0.3) is 0 Å². The first-order chi connectivity index (χ1) is 7.18. The fourth-order valence-corrected chi connectivity index (χ4v) is 1.89. The Morgan fingerprint density at radius 2 is 2.06 bits per heavy atom. The quantitative estimate of drug-likeness (QED) is 0.820. The molecule has 1 atom stereocenters. The van der Waals surface area contributed by atoms with Gasteiger partial charge in [-0.1, -0.05) is 0 Å². The van der Waals surface area contributed by atoms with Gasteiger partial charge in [-0.15, -0.1) is 12.4 Å². The molecule has 0 aliphatic carbocycles. The Morgan fingerprint density at radius 1 is 1.31 bits per heavy atom. The van der Waals surface area contributed by atoms with Gasteiger partial charge in [0.2, 0.25) is 0 Å². The number of halogens is 3. The highest BCUT2D eigenvalue weighted by molar-refractivity contribution is 5.85. The van der Waals surface area contributed by atoms with E-state index in [-0.39, 0.29) is 12.4 Å². The third-order valence-corrected chi connectivity index (χ3v) is 2.74. The van der Waals surface area contributed by atoms with Crippen LogP contribution in [0.1, 0.15) is 6.92 Å². The summed E-state index contributed by atoms with van der Waals surface area (Å²) < 4.78 is 25.8. The predicted molar refractivity (Wildman–Crippen MR) is 63.3 cm³/mol. The predicted octanol–water partition coefficient (Wildman–Crippen LogP) is 2.18. The Bertz CT molecular complexity index is 360. The molecule has 1 aliphatic rings. The average molecular weight is 249 g/mol. The molecule has 0 spiro atoms. The van der Waals surface area contributed by atoms with Crippen molar-refractivity contribution in [3.8, 4) is 0 Å². The molecule has 0 aromatic heterocycles. The van der Waals surface area contributed by atoms with Crippen molar-refractivity contribution < 1.29 is 8.78 Å². The number of hydrogen-bond acceptors (Lipinski definition) is 2. The van der Waals surface area contributed by atoms with Crippen molar-refractivity contribution in [2.45, 2.75) is 13.0 Å². The van der Waals surface area contributed by atoms with Crippen LogP contribution in [0.4, 0.5) is 14.5 Å². The summed E-state index contributed by atoms with van der Waals surface area (Å²) in [6, 6.07) is 4.38. The maximum atomic E-state index is 13.0. The summed E-state index contributed by atoms with van der Waals surface area (Å²) in [7, 11) is 0. The Hall–Kier alpha value is -0.870. The zero-order chi connectivity index (χ0) is 10.8. The molecule has 0 radical (unpaired) electrons. The fourth-order valence-electron chi connectivity index (χ4n) is 1.89. The standard InChI is InChI=1S/C11H14F2N2.ClH/c1-8-7-14-4-5-15(8)9-2-3-10(12)11(13)6-9;/h2-3,6,8,14H,4-5,7H2,1H3;1H. The number of anilines is 1. The maximum absolute atomic E-state index is 13.0. The molecule has 1 aromatic carbocycles. The Labute approximate surface area is 100 Å². The van der Waals surface area contributed by atoms with Gasteiger partial charge in [-0.2, -0.15) is 0 Å². The minimum absolute atomic E-state index is 0. The molecule has 1 unspecified atom stereocenters. The van der Waals surface area contributed by atoms with E-state index in [9.17, 15) is 8.78 Å². The van der Waals surface area contributed by atoms with Crippen molar-refractivity contribution in [3.63, 3.8) is 0 Å². The number of nitrogens with one attached hydrogen (secondary N) is 1. The Morgan fingerprint density at radius 3 is 2.69 bits per heavy atom. The molecule has 1 saturated heterocycles. The molecule has 5 heteroatoms. The second-order valence-corrected chi connectivity index (χ2v) is 3.84. The molecule has 2 nitrogen and oxygen atoms in total. The van der Waals surface area contributed by atoms with Crippen LogP contribution >= 0.6 is 12.4 Å². The van der Waals surface area contributed by atoms with Crippen LogP contribution in [0, 0.1) is 11.6 Å². The molecule has 0 saturated carbocycles. The third-order valence-electron chi connectivity index (χ3n) is 2.74. The van der Waals surface area contributed by atoms with Crippen molar-refractivity contribution in [1.82, 2.24) is 5.32 Å². The first kappa shape index (κ1) is 13.2. The number of piperazine rings is 1. The number of hydrogen-bond donors (Lipinski definition) is 1. The number of benzene rings is 1. The second kappa shape index (κ2) is 5.46. The van der Waals surface area contributed by atoms with Gasteiger partial charge in [0.05, 0.1) is 0 Å². The van der Waals surface area contributed by atoms with Gasteiger partial charge >= 0.3 is 0 Å². The summed E-state index contributed by atoms with van der Waals surface area (Å²) in [5.41, 5.74) is 0.753. The van der Waals surface area contributed by atoms with Crippen molar-refractivity contribution in [1.29, 1.82) is 0 Å². The third kappa shape index (κ3) is 2.62. The van der Waals surface area contributed by atoms with E-state index < -0.39 is 11.6 Å². The summed E-state index contributed by atoms with van der Waals surface area (Å²) in [6.07, 6.45) is 0. The lowest BCUT2D eigenvalue weighted by Crippen LogP contribution is -2.49. The zero-order valence-electron chi connectivity index (χ0n) is 9.04. The highest BCUT2D eigenvalue weighted by Gasteiger charge is 2.18. The van der Waals surface area contributed by atoms with Crippen molar-refractivity contribution in [2.75, 3.05) is 24.5 Å². The van der Waals surface area contributed by atoms with E-state index in [2.05, 4.69) is 17.1 Å². The molecule has 1 fully saturated rings. The fraction of sp³-hybridized carbons (Fsp3) is 0.455. The SMILES string of the molecule is CC1CNCCN1c1ccc(F)c(F)c1.Cl. The summed E-state index contributed by atoms with van der Waals surface area (Å²) in [4.78, 5) is 2.08. The second-order valence-electron chi connectivity index (χ2n) is 3.84. The molecule has 1 N–H and O–H groups in total. The summed E-state index contributed by atoms with van der Waals surface area (Å²) in [6.45, 7) is 4.64. The van der Waals surface area contributed by atoms with Gasteiger partial charge in [-0.3, -0.25) is 0 Å². The molecule has 0 bridgehead atoms. The van der Waals surface area contributed by atoms with Crippen LogP contribution in [-0.4, -0.2) is 25.7 Å². The topological polar surface area (TPSA) is 15.3 Å². The minimum atomic E-state index is -0.790. The summed E-state index contributed by atoms with van der Waals surface area (Å²) in [5, 5.41) is 3.25. The van der Waals surface area contributed by atoms with E-state index in [0.717, 1.165) is 25.3 Å². The van der Waals surface area contributed by atoms with E-state index in [4.69, 9.17) is 0 Å². The smallest absolute Gasteiger partial charge is 0.160 e. The Balaban J connectivity index is 0.00000128. The van der Waals surface area contributed by atoms with Crippen LogP contribution in [0.25, 0.3) is 0 Å². The molecule has 1 heterocycles. The van der Waals surface area contributed by atoms with Gasteiger partial charge < -0.3 is 10.2 Å². The molecular formula is C11H15ClF2N2. The lowest BCUT2D eigenvalue weighted by molar-refractivity contribution is 0.491. The number of nitrogens with zero attached hydrogens (tertiary/aromatic N) is 1. The summed E-state index contributed by atoms with van der Waals surface area (Å²) in [5.74, 6) is -1.57. The largest absolute Gasteiger partial charge is 0.366 e. The normalized spacial score (nSPS) is 20.4. The molecule has 16 heavy (non-hydrogen) atoms. The van der Waals surface area contributed by atoms with E-state index in [1.165, 1.54) is 12.1 Å². The van der Waals surface area contributed by atoms with E-state index >= 15 is 0 Å². The van der Waals surface area contributed by atoms with E-state index in [1.807, 2.05) is 0 Å². The van der Waals surface area contributed by atoms with Gasteiger partial charge in [-0.25, -0.2) is 8.78 Å². The van der Waals surface area contributed by atoms with Crippen molar-refractivity contribution >= 4 is 18.1 Å². The molecule has 1 aromatic rings. The lowest BCUT2D eigenvalue weighted by Gasteiger charge is -2.35. The molecular weight excluding hydrogens is 234 g/mol. The van der Waals surface area contributed by atoms with Gasteiger partial charge in [0.15, 0.2) is 11.6 Å². The van der Waals surface area contributed by atoms with Crippen LogP contribution in [0.5, 0.6) is 0 Å². The van der Waals surface area contributed by atoms with Gasteiger partial charge in [0, 0.05) is 37.4 Å². The molecule has 0 amide bonds. The van der Waals surface area contributed by atoms with Crippen LogP contribution in [0.3, 0.4) is 0 Å². The highest BCUT2D eigenvalue weighted by atomic mass is 35.5. The van der Waals surface area contributed by atoms with Gasteiger partial charge in [0.1, 0.15) is 0 Å². The van der Waals surface area contributed by atoms with Crippen molar-refractivity contribution in [3.05, 3.63) is 29.8 Å². The van der Waals surface area contributed by atoms with Crippen molar-refractivity contribution in [2.24, 2.45) is 0 Å². The number of rotatable bonds is 1. The van der Waals surface area contributed by atoms with E-state index in [0.29, 0.717) is 6.04 Å². The monoisotopic (exact) mass is 248 g/mol. The van der Waals surface area contributed by atoms with Crippen LogP contribution < -0.4 is 10.2 Å². The highest BCUT2D eigenvalue weighted by Crippen LogP contribution is 2.20. The summed E-state index contributed by atoms with van der Waals surface area (Å²) >= 11 is 0. The molecule has 2 rings (SSSR count). The first-order valence-electron chi connectivity index (χ1n) is 5.11. The van der Waals surface area contributed by atoms with Crippen LogP contribution in [0.15, 0.2) is 18.2 Å². The Kier molecular flexibility index (Phi) is 4.50.